The number of hydrogen-bond acceptors (Lipinski definition) is 2. The molecule has 2 atom stereocenters. The van der Waals surface area contributed by atoms with Gasteiger partial charge in [0, 0.05) is 6.61 Å². The second kappa shape index (κ2) is 8.93. The highest BCUT2D eigenvalue weighted by Crippen LogP contribution is 2.27. The van der Waals surface area contributed by atoms with E-state index in [1.807, 2.05) is 6.92 Å². The van der Waals surface area contributed by atoms with Crippen molar-refractivity contribution in [1.82, 2.24) is 0 Å². The van der Waals surface area contributed by atoms with Crippen molar-refractivity contribution in [3.05, 3.63) is 0 Å². The Morgan fingerprint density at radius 2 is 1.59 bits per heavy atom. The van der Waals surface area contributed by atoms with Gasteiger partial charge in [0.1, 0.15) is 0 Å². The molecule has 0 saturated heterocycles. The van der Waals surface area contributed by atoms with Crippen molar-refractivity contribution in [3.8, 4) is 0 Å². The summed E-state index contributed by atoms with van der Waals surface area (Å²) in [6, 6.07) is 0. The zero-order valence-corrected chi connectivity index (χ0v) is 12.5. The molecule has 0 aromatic carbocycles. The van der Waals surface area contributed by atoms with Crippen LogP contribution >= 0.6 is 0 Å². The van der Waals surface area contributed by atoms with Crippen LogP contribution in [0.3, 0.4) is 0 Å². The number of aliphatic hydroxyl groups excluding tert-OH is 1. The average molecular weight is 244 g/mol. The van der Waals surface area contributed by atoms with Gasteiger partial charge in [-0.1, -0.05) is 59.8 Å². The van der Waals surface area contributed by atoms with Crippen LogP contribution < -0.4 is 0 Å². The minimum absolute atomic E-state index is 0.0127. The third-order valence-electron chi connectivity index (χ3n) is 3.15. The van der Waals surface area contributed by atoms with Gasteiger partial charge in [0.15, 0.2) is 0 Å². The van der Waals surface area contributed by atoms with Crippen molar-refractivity contribution in [1.29, 1.82) is 0 Å². The van der Waals surface area contributed by atoms with E-state index in [0.717, 1.165) is 12.8 Å². The summed E-state index contributed by atoms with van der Waals surface area (Å²) < 4.78 is 5.70. The summed E-state index contributed by atoms with van der Waals surface area (Å²) in [5, 5.41) is 10.2. The van der Waals surface area contributed by atoms with Crippen molar-refractivity contribution in [2.45, 2.75) is 85.4 Å². The molecule has 0 amide bonds. The Kier molecular flexibility index (Phi) is 8.89. The van der Waals surface area contributed by atoms with E-state index in [1.54, 1.807) is 0 Å². The van der Waals surface area contributed by atoms with Gasteiger partial charge in [-0.25, -0.2) is 0 Å². The van der Waals surface area contributed by atoms with Gasteiger partial charge < -0.3 is 9.84 Å². The standard InChI is InChI=1S/C15H32O2/c1-6-8-9-10-11-12-13(16)14(17-7-2)15(3,4)5/h13-14,16H,6-12H2,1-5H3. The molecule has 0 radical (unpaired) electrons. The summed E-state index contributed by atoms with van der Waals surface area (Å²) in [6.45, 7) is 11.3. The van der Waals surface area contributed by atoms with Crippen molar-refractivity contribution in [3.63, 3.8) is 0 Å². The maximum absolute atomic E-state index is 10.2. The van der Waals surface area contributed by atoms with E-state index >= 15 is 0 Å². The molecule has 104 valence electrons. The predicted molar refractivity (Wildman–Crippen MR) is 74.3 cm³/mol. The smallest absolute Gasteiger partial charge is 0.0881 e. The quantitative estimate of drug-likeness (QED) is 0.617. The van der Waals surface area contributed by atoms with E-state index in [4.69, 9.17) is 4.74 Å². The topological polar surface area (TPSA) is 29.5 Å². The second-order valence-corrected chi connectivity index (χ2v) is 6.01. The first-order valence-electron chi connectivity index (χ1n) is 7.23. The molecule has 0 fully saturated rings. The summed E-state index contributed by atoms with van der Waals surface area (Å²) in [4.78, 5) is 0. The summed E-state index contributed by atoms with van der Waals surface area (Å²) >= 11 is 0. The largest absolute Gasteiger partial charge is 0.390 e. The van der Waals surface area contributed by atoms with E-state index in [0.29, 0.717) is 6.61 Å². The summed E-state index contributed by atoms with van der Waals surface area (Å²) in [5.41, 5.74) is 0.0127. The molecule has 0 aromatic rings. The van der Waals surface area contributed by atoms with Crippen LogP contribution in [-0.4, -0.2) is 23.9 Å². The highest BCUT2D eigenvalue weighted by molar-refractivity contribution is 4.81. The Hall–Kier alpha value is -0.0800. The Labute approximate surface area is 108 Å². The predicted octanol–water partition coefficient (Wildman–Crippen LogP) is 4.16. The van der Waals surface area contributed by atoms with Crippen LogP contribution in [0.4, 0.5) is 0 Å². The van der Waals surface area contributed by atoms with Gasteiger partial charge in [0.2, 0.25) is 0 Å². The minimum Gasteiger partial charge on any atom is -0.390 e. The molecular formula is C15H32O2. The lowest BCUT2D eigenvalue weighted by molar-refractivity contribution is -0.0908. The van der Waals surface area contributed by atoms with Crippen molar-refractivity contribution in [2.75, 3.05) is 6.61 Å². The molecule has 0 aliphatic heterocycles. The highest BCUT2D eigenvalue weighted by atomic mass is 16.5. The van der Waals surface area contributed by atoms with Gasteiger partial charge in [-0.3, -0.25) is 0 Å². The molecule has 0 rings (SSSR count). The summed E-state index contributed by atoms with van der Waals surface area (Å²) in [7, 11) is 0. The third kappa shape index (κ3) is 7.77. The molecule has 0 saturated carbocycles. The van der Waals surface area contributed by atoms with Crippen LogP contribution in [0.5, 0.6) is 0 Å². The molecule has 2 unspecified atom stereocenters. The van der Waals surface area contributed by atoms with E-state index in [1.165, 1.54) is 25.7 Å². The average Bonchev–Trinajstić information content (AvgIpc) is 2.23. The van der Waals surface area contributed by atoms with Gasteiger partial charge in [-0.05, 0) is 18.8 Å². The first kappa shape index (κ1) is 16.9. The van der Waals surface area contributed by atoms with Crippen LogP contribution in [-0.2, 0) is 4.74 Å². The number of aliphatic hydroxyl groups is 1. The first-order valence-corrected chi connectivity index (χ1v) is 7.23. The monoisotopic (exact) mass is 244 g/mol. The van der Waals surface area contributed by atoms with Crippen LogP contribution in [0.25, 0.3) is 0 Å². The van der Waals surface area contributed by atoms with Crippen molar-refractivity contribution in [2.24, 2.45) is 5.41 Å². The number of rotatable bonds is 9. The molecule has 17 heavy (non-hydrogen) atoms. The number of hydrogen-bond donors (Lipinski definition) is 1. The minimum atomic E-state index is -0.323. The Bertz CT molecular complexity index is 172. The van der Waals surface area contributed by atoms with Crippen LogP contribution in [0.15, 0.2) is 0 Å². The number of unbranched alkanes of at least 4 members (excludes halogenated alkanes) is 4. The SMILES string of the molecule is CCCCCCCC(O)C(OCC)C(C)(C)C. The maximum Gasteiger partial charge on any atom is 0.0881 e. The Morgan fingerprint density at radius 1 is 1.00 bits per heavy atom. The summed E-state index contributed by atoms with van der Waals surface area (Å²) in [6.07, 6.45) is 6.71. The first-order chi connectivity index (χ1) is 7.93. The highest BCUT2D eigenvalue weighted by Gasteiger charge is 2.31. The fourth-order valence-electron chi connectivity index (χ4n) is 2.23. The normalized spacial score (nSPS) is 15.9. The molecule has 1 N–H and O–H groups in total. The zero-order valence-electron chi connectivity index (χ0n) is 12.5. The molecular weight excluding hydrogens is 212 g/mol. The maximum atomic E-state index is 10.2. The molecule has 2 heteroatoms. The third-order valence-corrected chi connectivity index (χ3v) is 3.15. The van der Waals surface area contributed by atoms with E-state index in [-0.39, 0.29) is 17.6 Å². The van der Waals surface area contributed by atoms with Gasteiger partial charge in [-0.2, -0.15) is 0 Å². The molecule has 0 aromatic heterocycles. The lowest BCUT2D eigenvalue weighted by atomic mass is 9.84. The van der Waals surface area contributed by atoms with Gasteiger partial charge in [0.05, 0.1) is 12.2 Å². The zero-order chi connectivity index (χ0) is 13.3. The van der Waals surface area contributed by atoms with Crippen molar-refractivity contribution < 1.29 is 9.84 Å². The van der Waals surface area contributed by atoms with Gasteiger partial charge >= 0.3 is 0 Å². The Balaban J connectivity index is 3.94. The van der Waals surface area contributed by atoms with Crippen LogP contribution in [0, 0.1) is 5.41 Å². The van der Waals surface area contributed by atoms with Crippen molar-refractivity contribution >= 4 is 0 Å². The fourth-order valence-corrected chi connectivity index (χ4v) is 2.23. The molecule has 0 aliphatic rings. The van der Waals surface area contributed by atoms with Crippen LogP contribution in [0.1, 0.15) is 73.1 Å². The second-order valence-electron chi connectivity index (χ2n) is 6.01. The molecule has 2 nitrogen and oxygen atoms in total. The lowest BCUT2D eigenvalue weighted by Gasteiger charge is -2.34. The van der Waals surface area contributed by atoms with E-state index in [2.05, 4.69) is 27.7 Å². The van der Waals surface area contributed by atoms with Gasteiger partial charge in [-0.15, -0.1) is 0 Å². The molecule has 0 heterocycles. The fraction of sp³-hybridized carbons (Fsp3) is 1.00. The van der Waals surface area contributed by atoms with Crippen LogP contribution in [0.2, 0.25) is 0 Å². The Morgan fingerprint density at radius 3 is 2.06 bits per heavy atom. The van der Waals surface area contributed by atoms with E-state index < -0.39 is 0 Å². The van der Waals surface area contributed by atoms with E-state index in [9.17, 15) is 5.11 Å². The van der Waals surface area contributed by atoms with Gasteiger partial charge in [0.25, 0.3) is 0 Å². The molecule has 0 aliphatic carbocycles. The lowest BCUT2D eigenvalue weighted by Crippen LogP contribution is -2.40. The number of ether oxygens (including phenoxy) is 1. The molecule has 0 bridgehead atoms. The summed E-state index contributed by atoms with van der Waals surface area (Å²) in [5.74, 6) is 0. The molecule has 0 spiro atoms.